The minimum absolute atomic E-state index is 0.794. The van der Waals surface area contributed by atoms with Crippen LogP contribution in [0.1, 0.15) is 19.3 Å². The summed E-state index contributed by atoms with van der Waals surface area (Å²) in [5.74, 6) is 1.17. The van der Waals surface area contributed by atoms with Gasteiger partial charge in [0.1, 0.15) is 0 Å². The Labute approximate surface area is 206 Å². The number of benzene rings is 2. The smallest absolute Gasteiger partial charge is 0.207 e. The Bertz CT molecular complexity index is 893. The predicted octanol–water partition coefficient (Wildman–Crippen LogP) is 5.84. The van der Waals surface area contributed by atoms with Crippen molar-refractivity contribution in [3.8, 4) is 11.1 Å². The molecule has 1 saturated carbocycles. The largest absolute Gasteiger partial charge is 0.340 e. The minimum atomic E-state index is 0.794. The molecule has 0 N–H and O–H groups in total. The maximum Gasteiger partial charge on any atom is 0.207 e. The third kappa shape index (κ3) is 5.77. The summed E-state index contributed by atoms with van der Waals surface area (Å²) >= 11 is 9.89. The van der Waals surface area contributed by atoms with Crippen LogP contribution in [0.15, 0.2) is 58.4 Å². The molecule has 2 aliphatic heterocycles. The van der Waals surface area contributed by atoms with Gasteiger partial charge in [-0.15, -0.1) is 0 Å². The van der Waals surface area contributed by atoms with E-state index in [1.165, 1.54) is 43.2 Å². The first-order valence-corrected chi connectivity index (χ1v) is 14.2. The number of guanidine groups is 1. The molecule has 1 saturated heterocycles. The second-order valence-corrected chi connectivity index (χ2v) is 10.7. The third-order valence-electron chi connectivity index (χ3n) is 6.22. The number of rotatable bonds is 4. The molecule has 1 aliphatic carbocycles. The summed E-state index contributed by atoms with van der Waals surface area (Å²) < 4.78 is 2.36. The standard InChI is InChI=1S/C23H27ClN4S.C2H6S/c24-22-7-2-1-6-21(22)18-8-10-20(11-9-18)29-28-13-12-25-23(28)27-16-14-26(15-17-27)19-4-3-5-19;1-3-2/h1-2,6-11,19H,3-5,12-17H2;1-2H3. The maximum atomic E-state index is 6.35. The van der Waals surface area contributed by atoms with E-state index in [2.05, 4.69) is 44.4 Å². The average Bonchev–Trinajstić information content (AvgIpc) is 3.23. The second-order valence-electron chi connectivity index (χ2n) is 8.40. The molecule has 2 heterocycles. The lowest BCUT2D eigenvalue weighted by Gasteiger charge is -2.44. The molecule has 7 heteroatoms. The van der Waals surface area contributed by atoms with Crippen molar-refractivity contribution in [1.82, 2.24) is 14.1 Å². The molecule has 2 fully saturated rings. The highest BCUT2D eigenvalue weighted by Gasteiger charge is 2.31. The molecular formula is C25H33ClN4S2. The van der Waals surface area contributed by atoms with Crippen molar-refractivity contribution in [2.24, 2.45) is 4.99 Å². The van der Waals surface area contributed by atoms with Gasteiger partial charge in [-0.2, -0.15) is 11.8 Å². The fourth-order valence-electron chi connectivity index (χ4n) is 4.32. The minimum Gasteiger partial charge on any atom is -0.340 e. The highest BCUT2D eigenvalue weighted by molar-refractivity contribution is 7.98. The summed E-state index contributed by atoms with van der Waals surface area (Å²) in [6.07, 6.45) is 8.29. The summed E-state index contributed by atoms with van der Waals surface area (Å²) in [7, 11) is 0. The Kier molecular flexibility index (Phi) is 8.69. The second kappa shape index (κ2) is 11.7. The van der Waals surface area contributed by atoms with Crippen LogP contribution in [0.4, 0.5) is 0 Å². The number of piperazine rings is 1. The fourth-order valence-corrected chi connectivity index (χ4v) is 5.51. The van der Waals surface area contributed by atoms with Crippen LogP contribution in [0.25, 0.3) is 11.1 Å². The molecule has 0 atom stereocenters. The van der Waals surface area contributed by atoms with Crippen molar-refractivity contribution in [2.45, 2.75) is 30.2 Å². The van der Waals surface area contributed by atoms with E-state index in [0.717, 1.165) is 48.4 Å². The number of hydrogen-bond donors (Lipinski definition) is 0. The molecule has 3 aliphatic rings. The van der Waals surface area contributed by atoms with E-state index < -0.39 is 0 Å². The summed E-state index contributed by atoms with van der Waals surface area (Å²) in [4.78, 5) is 11.2. The van der Waals surface area contributed by atoms with Crippen LogP contribution in [0.5, 0.6) is 0 Å². The normalized spacial score (nSPS) is 19.3. The molecule has 0 radical (unpaired) electrons. The molecular weight excluding hydrogens is 456 g/mol. The first-order chi connectivity index (χ1) is 15.7. The van der Waals surface area contributed by atoms with Crippen molar-refractivity contribution in [3.63, 3.8) is 0 Å². The summed E-state index contributed by atoms with van der Waals surface area (Å²) in [5.41, 5.74) is 2.24. The zero-order chi connectivity index (χ0) is 22.3. The molecule has 0 aromatic heterocycles. The number of halogens is 1. The van der Waals surface area contributed by atoms with Gasteiger partial charge < -0.3 is 4.90 Å². The van der Waals surface area contributed by atoms with E-state index >= 15 is 0 Å². The predicted molar refractivity (Wildman–Crippen MR) is 142 cm³/mol. The maximum absolute atomic E-state index is 6.35. The zero-order valence-electron chi connectivity index (χ0n) is 19.0. The van der Waals surface area contributed by atoms with Gasteiger partial charge in [0, 0.05) is 47.7 Å². The molecule has 0 amide bonds. The molecule has 2 aromatic carbocycles. The van der Waals surface area contributed by atoms with Crippen LogP contribution < -0.4 is 0 Å². The van der Waals surface area contributed by atoms with Crippen LogP contribution in [-0.2, 0) is 0 Å². The topological polar surface area (TPSA) is 22.1 Å². The Morgan fingerprint density at radius 3 is 2.22 bits per heavy atom. The first kappa shape index (κ1) is 23.8. The van der Waals surface area contributed by atoms with E-state index in [0.29, 0.717) is 0 Å². The molecule has 4 nitrogen and oxygen atoms in total. The van der Waals surface area contributed by atoms with Crippen LogP contribution in [-0.4, -0.2) is 77.9 Å². The number of aliphatic imine (C=N–C) groups is 1. The van der Waals surface area contributed by atoms with Gasteiger partial charge in [0.2, 0.25) is 5.96 Å². The van der Waals surface area contributed by atoms with Crippen molar-refractivity contribution in [1.29, 1.82) is 0 Å². The van der Waals surface area contributed by atoms with Gasteiger partial charge in [-0.25, -0.2) is 0 Å². The van der Waals surface area contributed by atoms with Gasteiger partial charge in [0.25, 0.3) is 0 Å². The average molecular weight is 489 g/mol. The van der Waals surface area contributed by atoms with Crippen LogP contribution in [0.3, 0.4) is 0 Å². The van der Waals surface area contributed by atoms with E-state index in [9.17, 15) is 0 Å². The van der Waals surface area contributed by atoms with E-state index in [4.69, 9.17) is 16.6 Å². The Morgan fingerprint density at radius 1 is 0.906 bits per heavy atom. The van der Waals surface area contributed by atoms with Gasteiger partial charge >= 0.3 is 0 Å². The van der Waals surface area contributed by atoms with Crippen LogP contribution in [0, 0.1) is 0 Å². The highest BCUT2D eigenvalue weighted by Crippen LogP contribution is 2.32. The van der Waals surface area contributed by atoms with E-state index in [-0.39, 0.29) is 0 Å². The van der Waals surface area contributed by atoms with Crippen molar-refractivity contribution >= 4 is 41.3 Å². The van der Waals surface area contributed by atoms with Gasteiger partial charge in [0.05, 0.1) is 13.1 Å². The Hall–Kier alpha value is -1.34. The van der Waals surface area contributed by atoms with Gasteiger partial charge in [-0.3, -0.25) is 14.2 Å². The fraction of sp³-hybridized carbons (Fsp3) is 0.480. The lowest BCUT2D eigenvalue weighted by atomic mass is 9.91. The number of nitrogens with zero attached hydrogens (tertiary/aromatic N) is 4. The molecule has 0 spiro atoms. The molecule has 0 unspecified atom stereocenters. The highest BCUT2D eigenvalue weighted by atomic mass is 35.5. The number of thioether (sulfide) groups is 1. The number of hydrogen-bond acceptors (Lipinski definition) is 6. The molecule has 0 bridgehead atoms. The van der Waals surface area contributed by atoms with Crippen molar-refractivity contribution in [2.75, 3.05) is 51.8 Å². The zero-order valence-corrected chi connectivity index (χ0v) is 21.4. The van der Waals surface area contributed by atoms with Gasteiger partial charge in [0.15, 0.2) is 0 Å². The summed E-state index contributed by atoms with van der Waals surface area (Å²) in [6.45, 7) is 6.41. The monoisotopic (exact) mass is 488 g/mol. The van der Waals surface area contributed by atoms with Crippen LogP contribution >= 0.6 is 35.3 Å². The molecule has 172 valence electrons. The molecule has 5 rings (SSSR count). The van der Waals surface area contributed by atoms with E-state index in [1.54, 1.807) is 23.7 Å². The van der Waals surface area contributed by atoms with E-state index in [1.807, 2.05) is 30.7 Å². The quantitative estimate of drug-likeness (QED) is 0.503. The first-order valence-electron chi connectivity index (χ1n) is 11.4. The molecule has 2 aromatic rings. The Balaban J connectivity index is 0.000000775. The third-order valence-corrected chi connectivity index (χ3v) is 7.60. The summed E-state index contributed by atoms with van der Waals surface area (Å²) in [6, 6.07) is 17.6. The summed E-state index contributed by atoms with van der Waals surface area (Å²) in [5, 5.41) is 0.794. The van der Waals surface area contributed by atoms with Crippen LogP contribution in [0.2, 0.25) is 5.02 Å². The van der Waals surface area contributed by atoms with Crippen molar-refractivity contribution in [3.05, 3.63) is 53.6 Å². The Morgan fingerprint density at radius 2 is 1.59 bits per heavy atom. The molecule has 32 heavy (non-hydrogen) atoms. The van der Waals surface area contributed by atoms with Gasteiger partial charge in [-0.05, 0) is 61.1 Å². The SMILES string of the molecule is CSC.Clc1ccccc1-c1ccc(SN2CCN=C2N2CCN(C3CCC3)CC2)cc1. The lowest BCUT2D eigenvalue weighted by Crippen LogP contribution is -2.55. The lowest BCUT2D eigenvalue weighted by molar-refractivity contribution is 0.0835. The van der Waals surface area contributed by atoms with Crippen molar-refractivity contribution < 1.29 is 0 Å². The van der Waals surface area contributed by atoms with Gasteiger partial charge in [-0.1, -0.05) is 48.4 Å².